The normalized spacial score (nSPS) is 30.9. The van der Waals surface area contributed by atoms with Crippen molar-refractivity contribution in [2.45, 2.75) is 52.4 Å². The Balaban J connectivity index is 2.76. The van der Waals surface area contributed by atoms with Gasteiger partial charge in [-0.15, -0.1) is 0 Å². The van der Waals surface area contributed by atoms with Crippen molar-refractivity contribution >= 4 is 5.97 Å². The topological polar surface area (TPSA) is 49.8 Å². The van der Waals surface area contributed by atoms with E-state index in [1.165, 1.54) is 0 Å². The number of carbonyl (C=O) groups excluding carboxylic acids is 1. The fraction of sp³-hybridized carbons (Fsp3) is 0.917. The Morgan fingerprint density at radius 1 is 1.56 bits per heavy atom. The molecule has 16 heavy (non-hydrogen) atoms. The van der Waals surface area contributed by atoms with Gasteiger partial charge < -0.3 is 9.84 Å². The zero-order valence-electron chi connectivity index (χ0n) is 10.6. The van der Waals surface area contributed by atoms with Crippen LogP contribution in [0.4, 0.5) is 0 Å². The zero-order chi connectivity index (χ0) is 12.3. The van der Waals surface area contributed by atoms with E-state index in [1.807, 2.05) is 6.92 Å². The Morgan fingerprint density at radius 2 is 2.19 bits per heavy atom. The van der Waals surface area contributed by atoms with E-state index < -0.39 is 6.10 Å². The van der Waals surface area contributed by atoms with E-state index in [-0.39, 0.29) is 24.0 Å². The monoisotopic (exact) mass is 229 g/mol. The second-order valence-corrected chi connectivity index (χ2v) is 4.88. The van der Waals surface area contributed by atoms with Gasteiger partial charge in [-0.2, -0.15) is 0 Å². The maximum atomic E-state index is 11.9. The molecule has 0 aromatic carbocycles. The Bertz CT molecular complexity index is 240. The van der Waals surface area contributed by atoms with Gasteiger partial charge in [-0.3, -0.25) is 9.69 Å². The quantitative estimate of drug-likeness (QED) is 0.732. The van der Waals surface area contributed by atoms with Crippen molar-refractivity contribution < 1.29 is 14.6 Å². The van der Waals surface area contributed by atoms with Crippen molar-refractivity contribution in [1.29, 1.82) is 0 Å². The molecule has 1 heterocycles. The standard InChI is InChI=1S/C12H23NO3/c1-5-8(2)11-12(15)16-10(4)7-13(11)6-9(3)14/h8-11,14H,5-7H2,1-4H3. The molecule has 0 radical (unpaired) electrons. The van der Waals surface area contributed by atoms with Crippen LogP contribution in [0.1, 0.15) is 34.1 Å². The molecule has 1 aliphatic heterocycles. The summed E-state index contributed by atoms with van der Waals surface area (Å²) in [5, 5.41) is 9.46. The smallest absolute Gasteiger partial charge is 0.323 e. The summed E-state index contributed by atoms with van der Waals surface area (Å²) in [6, 6.07) is -0.198. The highest BCUT2D eigenvalue weighted by atomic mass is 16.5. The predicted octanol–water partition coefficient (Wildman–Crippen LogP) is 1.03. The number of aliphatic hydroxyl groups is 1. The van der Waals surface area contributed by atoms with Crippen LogP contribution < -0.4 is 0 Å². The number of β-amino-alcohol motifs (C(OH)–C–C–N with tert-alkyl or cyclic N) is 1. The molecule has 0 saturated carbocycles. The van der Waals surface area contributed by atoms with Gasteiger partial charge in [-0.05, 0) is 19.8 Å². The molecule has 1 rings (SSSR count). The van der Waals surface area contributed by atoms with Crippen LogP contribution in [0.25, 0.3) is 0 Å². The van der Waals surface area contributed by atoms with E-state index in [0.29, 0.717) is 13.1 Å². The van der Waals surface area contributed by atoms with Gasteiger partial charge in [0.05, 0.1) is 6.10 Å². The molecule has 0 aromatic heterocycles. The number of carbonyl (C=O) groups is 1. The average molecular weight is 229 g/mol. The fourth-order valence-corrected chi connectivity index (χ4v) is 2.24. The molecule has 0 aromatic rings. The number of hydrogen-bond acceptors (Lipinski definition) is 4. The van der Waals surface area contributed by atoms with E-state index in [4.69, 9.17) is 4.74 Å². The van der Waals surface area contributed by atoms with E-state index in [2.05, 4.69) is 18.7 Å². The highest BCUT2D eigenvalue weighted by molar-refractivity contribution is 5.77. The maximum Gasteiger partial charge on any atom is 0.323 e. The number of nitrogens with zero attached hydrogens (tertiary/aromatic N) is 1. The zero-order valence-corrected chi connectivity index (χ0v) is 10.6. The molecular formula is C12H23NO3. The van der Waals surface area contributed by atoms with Crippen LogP contribution in [-0.2, 0) is 9.53 Å². The lowest BCUT2D eigenvalue weighted by Gasteiger charge is -2.40. The van der Waals surface area contributed by atoms with Gasteiger partial charge in [-0.25, -0.2) is 0 Å². The molecule has 1 N–H and O–H groups in total. The average Bonchev–Trinajstić information content (AvgIpc) is 2.14. The van der Waals surface area contributed by atoms with Gasteiger partial charge in [-0.1, -0.05) is 20.3 Å². The van der Waals surface area contributed by atoms with Crippen molar-refractivity contribution in [3.05, 3.63) is 0 Å². The van der Waals surface area contributed by atoms with Gasteiger partial charge in [0.2, 0.25) is 0 Å². The highest BCUT2D eigenvalue weighted by Gasteiger charge is 2.37. The summed E-state index contributed by atoms with van der Waals surface area (Å²) in [6.45, 7) is 9.01. The molecule has 1 saturated heterocycles. The summed E-state index contributed by atoms with van der Waals surface area (Å²) in [5.74, 6) is 0.118. The number of aliphatic hydroxyl groups excluding tert-OH is 1. The molecule has 1 aliphatic rings. The van der Waals surface area contributed by atoms with Gasteiger partial charge in [0.25, 0.3) is 0 Å². The first kappa shape index (κ1) is 13.5. The highest BCUT2D eigenvalue weighted by Crippen LogP contribution is 2.22. The third-order valence-corrected chi connectivity index (χ3v) is 3.13. The van der Waals surface area contributed by atoms with E-state index >= 15 is 0 Å². The predicted molar refractivity (Wildman–Crippen MR) is 62.1 cm³/mol. The van der Waals surface area contributed by atoms with Crippen molar-refractivity contribution in [3.63, 3.8) is 0 Å². The fourth-order valence-electron chi connectivity index (χ4n) is 2.24. The molecule has 0 spiro atoms. The SMILES string of the molecule is CCC(C)C1C(=O)OC(C)CN1CC(C)O. The van der Waals surface area contributed by atoms with Crippen molar-refractivity contribution in [3.8, 4) is 0 Å². The number of ether oxygens (including phenoxy) is 1. The number of rotatable bonds is 4. The first-order valence-corrected chi connectivity index (χ1v) is 6.08. The van der Waals surface area contributed by atoms with Crippen molar-refractivity contribution in [1.82, 2.24) is 4.90 Å². The lowest BCUT2D eigenvalue weighted by molar-refractivity contribution is -0.169. The molecule has 4 atom stereocenters. The van der Waals surface area contributed by atoms with Crippen molar-refractivity contribution in [2.75, 3.05) is 13.1 Å². The van der Waals surface area contributed by atoms with Crippen LogP contribution in [0.2, 0.25) is 0 Å². The molecular weight excluding hydrogens is 206 g/mol. The molecule has 94 valence electrons. The molecule has 0 aliphatic carbocycles. The second kappa shape index (κ2) is 5.64. The third kappa shape index (κ3) is 3.19. The Kier molecular flexibility index (Phi) is 4.74. The molecule has 0 amide bonds. The Labute approximate surface area is 97.6 Å². The van der Waals surface area contributed by atoms with Gasteiger partial charge >= 0.3 is 5.97 Å². The van der Waals surface area contributed by atoms with Crippen LogP contribution in [0.15, 0.2) is 0 Å². The first-order valence-electron chi connectivity index (χ1n) is 6.08. The van der Waals surface area contributed by atoms with Crippen LogP contribution in [0.3, 0.4) is 0 Å². The summed E-state index contributed by atoms with van der Waals surface area (Å²) in [4.78, 5) is 13.9. The Hall–Kier alpha value is -0.610. The summed E-state index contributed by atoms with van der Waals surface area (Å²) >= 11 is 0. The molecule has 4 nitrogen and oxygen atoms in total. The largest absolute Gasteiger partial charge is 0.460 e. The number of cyclic esters (lactones) is 1. The third-order valence-electron chi connectivity index (χ3n) is 3.13. The first-order chi connectivity index (χ1) is 7.45. The van der Waals surface area contributed by atoms with Crippen LogP contribution in [-0.4, -0.2) is 47.3 Å². The lowest BCUT2D eigenvalue weighted by Crippen LogP contribution is -2.56. The van der Waals surface area contributed by atoms with E-state index in [1.54, 1.807) is 6.92 Å². The number of esters is 1. The minimum atomic E-state index is -0.412. The Morgan fingerprint density at radius 3 is 2.69 bits per heavy atom. The summed E-state index contributed by atoms with van der Waals surface area (Å²) < 4.78 is 5.27. The van der Waals surface area contributed by atoms with E-state index in [9.17, 15) is 9.90 Å². The van der Waals surface area contributed by atoms with Crippen LogP contribution >= 0.6 is 0 Å². The minimum absolute atomic E-state index is 0.0773. The van der Waals surface area contributed by atoms with E-state index in [0.717, 1.165) is 6.42 Å². The van der Waals surface area contributed by atoms with Crippen molar-refractivity contribution in [2.24, 2.45) is 5.92 Å². The summed E-state index contributed by atoms with van der Waals surface area (Å²) in [5.41, 5.74) is 0. The number of morpholine rings is 1. The lowest BCUT2D eigenvalue weighted by atomic mass is 9.95. The van der Waals surface area contributed by atoms with Crippen LogP contribution in [0, 0.1) is 5.92 Å². The minimum Gasteiger partial charge on any atom is -0.460 e. The second-order valence-electron chi connectivity index (χ2n) is 4.88. The summed E-state index contributed by atoms with van der Waals surface area (Å²) in [7, 11) is 0. The molecule has 1 fully saturated rings. The summed E-state index contributed by atoms with van der Waals surface area (Å²) in [6.07, 6.45) is 0.445. The van der Waals surface area contributed by atoms with Gasteiger partial charge in [0, 0.05) is 13.1 Å². The van der Waals surface area contributed by atoms with Gasteiger partial charge in [0.1, 0.15) is 12.1 Å². The van der Waals surface area contributed by atoms with Gasteiger partial charge in [0.15, 0.2) is 0 Å². The molecule has 4 heteroatoms. The maximum absolute atomic E-state index is 11.9. The van der Waals surface area contributed by atoms with Crippen LogP contribution in [0.5, 0.6) is 0 Å². The molecule has 0 bridgehead atoms. The number of hydrogen-bond donors (Lipinski definition) is 1. The molecule has 4 unspecified atom stereocenters.